The van der Waals surface area contributed by atoms with Crippen molar-refractivity contribution < 1.29 is 0 Å². The summed E-state index contributed by atoms with van der Waals surface area (Å²) in [6.45, 7) is 0. The molecule has 8 aromatic carbocycles. The highest BCUT2D eigenvalue weighted by Gasteiger charge is 2.52. The maximum Gasteiger partial charge on any atom is 0.164 e. The van der Waals surface area contributed by atoms with Crippen LogP contribution in [0.15, 0.2) is 194 Å². The molecule has 0 atom stereocenters. The molecule has 11 rings (SSSR count). The molecule has 4 nitrogen and oxygen atoms in total. The zero-order chi connectivity index (χ0) is 37.9. The number of hydrogen-bond acceptors (Lipinski definition) is 4. The van der Waals surface area contributed by atoms with Crippen LogP contribution in [0.2, 0.25) is 0 Å². The Morgan fingerprint density at radius 3 is 1.26 bits per heavy atom. The number of fused-ring (bicyclic) bond motifs is 10. The van der Waals surface area contributed by atoms with Crippen molar-refractivity contribution in [2.24, 2.45) is 0 Å². The van der Waals surface area contributed by atoms with E-state index in [-0.39, 0.29) is 0 Å². The number of nitrogens with zero attached hydrogens (tertiary/aromatic N) is 4. The second-order valence-corrected chi connectivity index (χ2v) is 14.6. The Labute approximate surface area is 331 Å². The predicted octanol–water partition coefficient (Wildman–Crippen LogP) is 12.4. The van der Waals surface area contributed by atoms with E-state index in [0.29, 0.717) is 23.0 Å². The van der Waals surface area contributed by atoms with E-state index in [1.165, 1.54) is 27.8 Å². The molecule has 0 saturated carbocycles. The molecule has 0 amide bonds. The Bertz CT molecular complexity index is 3010. The van der Waals surface area contributed by atoms with Gasteiger partial charge in [0.15, 0.2) is 17.5 Å². The van der Waals surface area contributed by atoms with Crippen molar-refractivity contribution in [3.63, 3.8) is 0 Å². The molecule has 0 unspecified atom stereocenters. The second kappa shape index (κ2) is 12.9. The van der Waals surface area contributed by atoms with Crippen LogP contribution in [-0.2, 0) is 5.41 Å². The van der Waals surface area contributed by atoms with Crippen molar-refractivity contribution >= 4 is 0 Å². The topological polar surface area (TPSA) is 62.5 Å². The van der Waals surface area contributed by atoms with E-state index >= 15 is 0 Å². The van der Waals surface area contributed by atoms with Gasteiger partial charge >= 0.3 is 0 Å². The van der Waals surface area contributed by atoms with Gasteiger partial charge in [-0.25, -0.2) is 15.0 Å². The van der Waals surface area contributed by atoms with Crippen molar-refractivity contribution in [1.29, 1.82) is 5.26 Å². The molecule has 264 valence electrons. The van der Waals surface area contributed by atoms with Crippen LogP contribution in [-0.4, -0.2) is 15.0 Å². The molecule has 57 heavy (non-hydrogen) atoms. The van der Waals surface area contributed by atoms with E-state index in [4.69, 9.17) is 15.0 Å². The molecule has 0 radical (unpaired) electrons. The fourth-order valence-electron chi connectivity index (χ4n) is 9.15. The fourth-order valence-corrected chi connectivity index (χ4v) is 9.15. The molecule has 9 aromatic rings. The minimum atomic E-state index is -0.533. The second-order valence-electron chi connectivity index (χ2n) is 14.6. The van der Waals surface area contributed by atoms with Crippen molar-refractivity contribution in [3.8, 4) is 84.7 Å². The summed E-state index contributed by atoms with van der Waals surface area (Å²) in [7, 11) is 0. The van der Waals surface area contributed by atoms with Crippen molar-refractivity contribution in [2.75, 3.05) is 0 Å². The molecule has 2 aliphatic rings. The van der Waals surface area contributed by atoms with E-state index in [9.17, 15) is 5.26 Å². The van der Waals surface area contributed by atoms with E-state index in [1.807, 2.05) is 48.5 Å². The third kappa shape index (κ3) is 4.96. The van der Waals surface area contributed by atoms with Crippen molar-refractivity contribution in [3.05, 3.63) is 222 Å². The first-order chi connectivity index (χ1) is 28.2. The van der Waals surface area contributed by atoms with E-state index in [1.54, 1.807) is 0 Å². The molecule has 0 saturated heterocycles. The summed E-state index contributed by atoms with van der Waals surface area (Å²) < 4.78 is 0. The third-order valence-corrected chi connectivity index (χ3v) is 11.6. The Hall–Kier alpha value is -7.74. The minimum Gasteiger partial charge on any atom is -0.208 e. The highest BCUT2D eigenvalue weighted by Crippen LogP contribution is 2.64. The van der Waals surface area contributed by atoms with Crippen LogP contribution in [0.1, 0.15) is 27.8 Å². The third-order valence-electron chi connectivity index (χ3n) is 11.6. The fraction of sp³-hybridized carbons (Fsp3) is 0.0189. The van der Waals surface area contributed by atoms with Crippen LogP contribution >= 0.6 is 0 Å². The summed E-state index contributed by atoms with van der Waals surface area (Å²) in [6.07, 6.45) is 0. The van der Waals surface area contributed by atoms with Crippen LogP contribution in [0, 0.1) is 11.3 Å². The lowest BCUT2D eigenvalue weighted by Gasteiger charge is -2.30. The lowest BCUT2D eigenvalue weighted by molar-refractivity contribution is 0.793. The number of nitriles is 1. The first-order valence-electron chi connectivity index (χ1n) is 19.2. The summed E-state index contributed by atoms with van der Waals surface area (Å²) in [5.41, 5.74) is 16.8. The zero-order valence-electron chi connectivity index (χ0n) is 30.8. The molecule has 1 aromatic heterocycles. The summed E-state index contributed by atoms with van der Waals surface area (Å²) in [5, 5.41) is 10.6. The first kappa shape index (κ1) is 32.7. The summed E-state index contributed by atoms with van der Waals surface area (Å²) in [4.78, 5) is 15.0. The van der Waals surface area contributed by atoms with E-state index in [0.717, 1.165) is 55.6 Å². The standard InChI is InChI=1S/C53H32N4/c54-33-40-17-11-23-46-48(40)49-41(20-12-24-47(49)53(46)44-21-9-7-18-42(44)43-19-8-10-22-45(43)53)36-27-31-39(32-28-36)52-56-50(37-15-5-2-6-16-37)55-51(57-52)38-29-25-35(26-30-38)34-13-3-1-4-14-34/h1-32H. The van der Waals surface area contributed by atoms with Crippen LogP contribution < -0.4 is 0 Å². The number of aromatic nitrogens is 3. The predicted molar refractivity (Wildman–Crippen MR) is 228 cm³/mol. The van der Waals surface area contributed by atoms with Gasteiger partial charge in [-0.15, -0.1) is 0 Å². The Morgan fingerprint density at radius 2 is 0.702 bits per heavy atom. The molecule has 0 aliphatic heterocycles. The van der Waals surface area contributed by atoms with Crippen LogP contribution in [0.5, 0.6) is 0 Å². The zero-order valence-corrected chi connectivity index (χ0v) is 30.8. The maximum atomic E-state index is 10.6. The summed E-state index contributed by atoms with van der Waals surface area (Å²) >= 11 is 0. The van der Waals surface area contributed by atoms with Gasteiger partial charge in [0.2, 0.25) is 0 Å². The van der Waals surface area contributed by atoms with E-state index < -0.39 is 5.41 Å². The number of benzene rings is 8. The number of hydrogen-bond donors (Lipinski definition) is 0. The van der Waals surface area contributed by atoms with Crippen LogP contribution in [0.3, 0.4) is 0 Å². The minimum absolute atomic E-state index is 0.533. The Kier molecular flexibility index (Phi) is 7.42. The lowest BCUT2D eigenvalue weighted by atomic mass is 9.70. The van der Waals surface area contributed by atoms with Crippen LogP contribution in [0.4, 0.5) is 0 Å². The van der Waals surface area contributed by atoms with Gasteiger partial charge in [0.1, 0.15) is 0 Å². The molecule has 1 heterocycles. The van der Waals surface area contributed by atoms with Gasteiger partial charge in [-0.05, 0) is 67.3 Å². The SMILES string of the molecule is N#Cc1cccc2c1-c1c(-c3ccc(-c4nc(-c5ccccc5)nc(-c5ccc(-c6ccccc6)cc5)n4)cc3)cccc1C21c2ccccc2-c2ccccc21. The summed E-state index contributed by atoms with van der Waals surface area (Å²) in [5.74, 6) is 1.84. The Morgan fingerprint density at radius 1 is 0.316 bits per heavy atom. The maximum absolute atomic E-state index is 10.6. The van der Waals surface area contributed by atoms with Gasteiger partial charge < -0.3 is 0 Å². The molecular formula is C53H32N4. The van der Waals surface area contributed by atoms with Gasteiger partial charge in [0.05, 0.1) is 17.0 Å². The lowest BCUT2D eigenvalue weighted by Crippen LogP contribution is -2.25. The molecule has 4 heteroatoms. The molecule has 0 fully saturated rings. The summed E-state index contributed by atoms with van der Waals surface area (Å²) in [6, 6.07) is 70.2. The Balaban J connectivity index is 1.05. The molecule has 0 bridgehead atoms. The highest BCUT2D eigenvalue weighted by atomic mass is 15.0. The van der Waals surface area contributed by atoms with Gasteiger partial charge in [-0.1, -0.05) is 188 Å². The molecule has 2 aliphatic carbocycles. The molecule has 0 N–H and O–H groups in total. The largest absolute Gasteiger partial charge is 0.208 e. The van der Waals surface area contributed by atoms with Gasteiger partial charge in [0, 0.05) is 22.3 Å². The highest BCUT2D eigenvalue weighted by molar-refractivity contribution is 6.01. The van der Waals surface area contributed by atoms with Gasteiger partial charge in [0.25, 0.3) is 0 Å². The van der Waals surface area contributed by atoms with Crippen LogP contribution in [0.25, 0.3) is 78.7 Å². The average molecular weight is 725 g/mol. The normalized spacial score (nSPS) is 12.7. The van der Waals surface area contributed by atoms with E-state index in [2.05, 4.69) is 152 Å². The average Bonchev–Trinajstić information content (AvgIpc) is 3.77. The van der Waals surface area contributed by atoms with Gasteiger partial charge in [-0.3, -0.25) is 0 Å². The van der Waals surface area contributed by atoms with Crippen molar-refractivity contribution in [1.82, 2.24) is 15.0 Å². The smallest absolute Gasteiger partial charge is 0.164 e. The number of rotatable bonds is 5. The monoisotopic (exact) mass is 724 g/mol. The first-order valence-corrected chi connectivity index (χ1v) is 19.2. The van der Waals surface area contributed by atoms with Crippen molar-refractivity contribution in [2.45, 2.75) is 5.41 Å². The quantitative estimate of drug-likeness (QED) is 0.177. The molecule has 1 spiro atoms. The molecular weight excluding hydrogens is 693 g/mol. The van der Waals surface area contributed by atoms with Gasteiger partial charge in [-0.2, -0.15) is 5.26 Å².